The van der Waals surface area contributed by atoms with Crippen molar-refractivity contribution >= 4 is 23.2 Å². The first-order chi connectivity index (χ1) is 20.3. The second kappa shape index (κ2) is 12.0. The number of rotatable bonds is 9. The van der Waals surface area contributed by atoms with Crippen molar-refractivity contribution in [2.45, 2.75) is 45.2 Å². The lowest BCUT2D eigenvalue weighted by atomic mass is 9.88. The van der Waals surface area contributed by atoms with Gasteiger partial charge in [0.1, 0.15) is 0 Å². The number of piperidine rings is 1. The first-order valence-electron chi connectivity index (χ1n) is 14.9. The van der Waals surface area contributed by atoms with Gasteiger partial charge in [0.25, 0.3) is 0 Å². The monoisotopic (exact) mass is 562 g/mol. The van der Waals surface area contributed by atoms with Crippen molar-refractivity contribution in [3.05, 3.63) is 111 Å². The molecular weight excluding hydrogens is 524 g/mol. The van der Waals surface area contributed by atoms with E-state index in [-0.39, 0.29) is 5.78 Å². The topological polar surface area (TPSA) is 110 Å². The smallest absolute Gasteiger partial charge is 0.248 e. The van der Waals surface area contributed by atoms with Crippen molar-refractivity contribution < 1.29 is 14.4 Å². The second-order valence-electron chi connectivity index (χ2n) is 12.1. The minimum absolute atomic E-state index is 0.245. The van der Waals surface area contributed by atoms with Crippen LogP contribution < -0.4 is 11.5 Å². The summed E-state index contributed by atoms with van der Waals surface area (Å²) in [5.41, 5.74) is 20.4. The van der Waals surface area contributed by atoms with Gasteiger partial charge in [0.2, 0.25) is 11.8 Å². The molecule has 1 saturated heterocycles. The standard InChI is InChI=1S/C35H38N4O3/c36-34(41)26-5-1-24(2-6-26)20-38-14-11-23(12-15-38)17-33(40)30-10-9-28-18-29-13-16-39(22-32(29)31(28)19-30)21-25-3-7-27(8-4-25)35(37)42/h1-10,19,23H,11-18,20-22H2,(H2,36,41)(H2,37,42). The number of primary amides is 2. The Morgan fingerprint density at radius 2 is 1.29 bits per heavy atom. The summed E-state index contributed by atoms with van der Waals surface area (Å²) in [5, 5.41) is 0. The van der Waals surface area contributed by atoms with E-state index in [0.29, 0.717) is 23.5 Å². The molecule has 3 aromatic rings. The molecule has 0 saturated carbocycles. The summed E-state index contributed by atoms with van der Waals surface area (Å²) in [5.74, 6) is -0.161. The van der Waals surface area contributed by atoms with Gasteiger partial charge < -0.3 is 11.5 Å². The molecule has 1 fully saturated rings. The summed E-state index contributed by atoms with van der Waals surface area (Å²) >= 11 is 0. The molecule has 216 valence electrons. The largest absolute Gasteiger partial charge is 0.366 e. The van der Waals surface area contributed by atoms with Crippen molar-refractivity contribution in [3.63, 3.8) is 0 Å². The van der Waals surface area contributed by atoms with E-state index < -0.39 is 11.8 Å². The molecule has 0 bridgehead atoms. The normalized spacial score (nSPS) is 17.6. The van der Waals surface area contributed by atoms with Crippen LogP contribution in [0.4, 0.5) is 0 Å². The number of amides is 2. The van der Waals surface area contributed by atoms with Crippen molar-refractivity contribution in [1.82, 2.24) is 9.80 Å². The predicted octanol–water partition coefficient (Wildman–Crippen LogP) is 4.59. The molecular formula is C35H38N4O3. The van der Waals surface area contributed by atoms with Crippen LogP contribution in [-0.4, -0.2) is 53.6 Å². The van der Waals surface area contributed by atoms with Crippen LogP contribution in [0.25, 0.3) is 5.57 Å². The fraction of sp³-hybridized carbons (Fsp3) is 0.343. The maximum absolute atomic E-state index is 13.4. The van der Waals surface area contributed by atoms with Gasteiger partial charge in [0, 0.05) is 49.3 Å². The molecule has 0 unspecified atom stereocenters. The number of hydrogen-bond acceptors (Lipinski definition) is 5. The van der Waals surface area contributed by atoms with Crippen molar-refractivity contribution in [3.8, 4) is 0 Å². The SMILES string of the molecule is NC(=O)c1ccc(CN2CCC(CC(=O)c3ccc4c(c3)C3=C(CCN(Cc5ccc(C(N)=O)cc5)C3)C4)CC2)cc1. The first kappa shape index (κ1) is 28.1. The van der Waals surface area contributed by atoms with E-state index in [0.717, 1.165) is 70.5 Å². The molecule has 3 aromatic carbocycles. The van der Waals surface area contributed by atoms with Crippen LogP contribution in [0.3, 0.4) is 0 Å². The third-order valence-electron chi connectivity index (χ3n) is 9.17. The quantitative estimate of drug-likeness (QED) is 0.371. The first-order valence-corrected chi connectivity index (χ1v) is 14.9. The average molecular weight is 563 g/mol. The van der Waals surface area contributed by atoms with Crippen molar-refractivity contribution in [1.29, 1.82) is 0 Å². The van der Waals surface area contributed by atoms with E-state index in [9.17, 15) is 14.4 Å². The summed E-state index contributed by atoms with van der Waals surface area (Å²) < 4.78 is 0. The average Bonchev–Trinajstić information content (AvgIpc) is 3.36. The Morgan fingerprint density at radius 3 is 1.88 bits per heavy atom. The number of Topliss-reactive ketones (excluding diaryl/α,β-unsaturated/α-hetero) is 1. The van der Waals surface area contributed by atoms with Gasteiger partial charge in [-0.2, -0.15) is 0 Å². The van der Waals surface area contributed by atoms with Gasteiger partial charge in [0.15, 0.2) is 5.78 Å². The highest BCUT2D eigenvalue weighted by Gasteiger charge is 2.29. The summed E-state index contributed by atoms with van der Waals surface area (Å²) in [6.45, 7) is 5.49. The van der Waals surface area contributed by atoms with E-state index in [1.54, 1.807) is 24.3 Å². The molecule has 42 heavy (non-hydrogen) atoms. The van der Waals surface area contributed by atoms with Gasteiger partial charge in [-0.15, -0.1) is 0 Å². The third kappa shape index (κ3) is 6.22. The number of ketones is 1. The second-order valence-corrected chi connectivity index (χ2v) is 12.1. The summed E-state index contributed by atoms with van der Waals surface area (Å²) in [6.07, 6.45) is 4.66. The Hall–Kier alpha value is -4.07. The summed E-state index contributed by atoms with van der Waals surface area (Å²) in [7, 11) is 0. The highest BCUT2D eigenvalue weighted by atomic mass is 16.1. The number of carbonyl (C=O) groups is 3. The molecule has 6 rings (SSSR count). The maximum atomic E-state index is 13.4. The van der Waals surface area contributed by atoms with Crippen LogP contribution >= 0.6 is 0 Å². The maximum Gasteiger partial charge on any atom is 0.248 e. The minimum Gasteiger partial charge on any atom is -0.366 e. The highest BCUT2D eigenvalue weighted by Crippen LogP contribution is 2.39. The van der Waals surface area contributed by atoms with E-state index in [1.165, 1.54) is 33.4 Å². The summed E-state index contributed by atoms with van der Waals surface area (Å²) in [6, 6.07) is 21.4. The Labute approximate surface area is 247 Å². The van der Waals surface area contributed by atoms with Gasteiger partial charge in [-0.1, -0.05) is 42.0 Å². The molecule has 2 amide bonds. The number of nitrogens with zero attached hydrogens (tertiary/aromatic N) is 2. The fourth-order valence-corrected chi connectivity index (χ4v) is 6.67. The van der Waals surface area contributed by atoms with Gasteiger partial charge in [-0.25, -0.2) is 0 Å². The van der Waals surface area contributed by atoms with E-state index in [2.05, 4.69) is 21.9 Å². The lowest BCUT2D eigenvalue weighted by Gasteiger charge is -2.31. The lowest BCUT2D eigenvalue weighted by Crippen LogP contribution is -2.34. The van der Waals surface area contributed by atoms with Crippen LogP contribution in [0.1, 0.15) is 79.0 Å². The highest BCUT2D eigenvalue weighted by molar-refractivity contribution is 5.98. The number of benzene rings is 3. The molecule has 7 nitrogen and oxygen atoms in total. The number of likely N-dealkylation sites (tertiary alicyclic amines) is 1. The van der Waals surface area contributed by atoms with Gasteiger partial charge >= 0.3 is 0 Å². The van der Waals surface area contributed by atoms with Crippen LogP contribution in [0.15, 0.2) is 72.3 Å². The Balaban J connectivity index is 1.03. The zero-order chi connectivity index (χ0) is 29.2. The lowest BCUT2D eigenvalue weighted by molar-refractivity contribution is 0.0923. The molecule has 1 aliphatic carbocycles. The third-order valence-corrected chi connectivity index (χ3v) is 9.17. The Morgan fingerprint density at radius 1 is 0.714 bits per heavy atom. The van der Waals surface area contributed by atoms with Crippen LogP contribution in [-0.2, 0) is 19.5 Å². The van der Waals surface area contributed by atoms with E-state index >= 15 is 0 Å². The molecule has 0 atom stereocenters. The molecule has 0 aromatic heterocycles. The number of carbonyl (C=O) groups excluding carboxylic acids is 3. The van der Waals surface area contributed by atoms with Crippen LogP contribution in [0.2, 0.25) is 0 Å². The van der Waals surface area contributed by atoms with Crippen molar-refractivity contribution in [2.24, 2.45) is 17.4 Å². The molecule has 2 aliphatic heterocycles. The molecule has 0 radical (unpaired) electrons. The zero-order valence-corrected chi connectivity index (χ0v) is 24.0. The zero-order valence-electron chi connectivity index (χ0n) is 24.0. The fourth-order valence-electron chi connectivity index (χ4n) is 6.67. The number of fused-ring (bicyclic) bond motifs is 2. The predicted molar refractivity (Wildman–Crippen MR) is 164 cm³/mol. The molecule has 7 heteroatoms. The Kier molecular flexibility index (Phi) is 8.05. The Bertz CT molecular complexity index is 1530. The van der Waals surface area contributed by atoms with Crippen LogP contribution in [0, 0.1) is 5.92 Å². The van der Waals surface area contributed by atoms with Gasteiger partial charge in [0.05, 0.1) is 0 Å². The molecule has 3 aliphatic rings. The van der Waals surface area contributed by atoms with Gasteiger partial charge in [-0.3, -0.25) is 24.2 Å². The van der Waals surface area contributed by atoms with Gasteiger partial charge in [-0.05, 0) is 103 Å². The van der Waals surface area contributed by atoms with Crippen LogP contribution in [0.5, 0.6) is 0 Å². The minimum atomic E-state index is -0.404. The van der Waals surface area contributed by atoms with E-state index in [1.807, 2.05) is 30.3 Å². The molecule has 0 spiro atoms. The van der Waals surface area contributed by atoms with Crippen molar-refractivity contribution in [2.75, 3.05) is 26.2 Å². The summed E-state index contributed by atoms with van der Waals surface area (Å²) in [4.78, 5) is 41.0. The number of nitrogens with two attached hydrogens (primary N) is 2. The molecule has 2 heterocycles. The van der Waals surface area contributed by atoms with E-state index in [4.69, 9.17) is 11.5 Å². The number of hydrogen-bond donors (Lipinski definition) is 2. The molecule has 4 N–H and O–H groups in total.